The maximum absolute atomic E-state index is 8.24. The molecule has 1 aromatic rings. The molecule has 1 aromatic carbocycles. The molecule has 0 saturated carbocycles. The zero-order valence-electron chi connectivity index (χ0n) is 7.18. The second-order valence-corrected chi connectivity index (χ2v) is 2.50. The van der Waals surface area contributed by atoms with Gasteiger partial charge in [0.2, 0.25) is 0 Å². The van der Waals surface area contributed by atoms with Crippen LogP contribution in [0, 0.1) is 0 Å². The third-order valence-electron chi connectivity index (χ3n) is 1.50. The summed E-state index contributed by atoms with van der Waals surface area (Å²) >= 11 is 0. The van der Waals surface area contributed by atoms with E-state index in [0.717, 1.165) is 5.75 Å². The highest BCUT2D eigenvalue weighted by atomic mass is 16.5. The van der Waals surface area contributed by atoms with Gasteiger partial charge in [0.1, 0.15) is 11.6 Å². The number of rotatable bonds is 4. The Bertz CT molecular complexity index is 272. The summed E-state index contributed by atoms with van der Waals surface area (Å²) in [5.41, 5.74) is 5.26. The van der Waals surface area contributed by atoms with Gasteiger partial charge in [-0.15, -0.1) is 0 Å². The molecule has 1 rings (SSSR count). The lowest BCUT2D eigenvalue weighted by Gasteiger charge is -2.03. The molecule has 0 unspecified atom stereocenters. The van der Waals surface area contributed by atoms with Crippen molar-refractivity contribution in [1.29, 1.82) is 0 Å². The van der Waals surface area contributed by atoms with Gasteiger partial charge in [-0.2, -0.15) is 0 Å². The molecule has 0 radical (unpaired) electrons. The average molecular weight is 180 g/mol. The van der Waals surface area contributed by atoms with E-state index in [0.29, 0.717) is 13.0 Å². The van der Waals surface area contributed by atoms with Crippen molar-refractivity contribution in [1.82, 2.24) is 0 Å². The first kappa shape index (κ1) is 9.38. The molecule has 0 amide bonds. The molecule has 0 spiro atoms. The molecule has 0 aliphatic carbocycles. The molecule has 13 heavy (non-hydrogen) atoms. The van der Waals surface area contributed by atoms with E-state index in [4.69, 9.17) is 15.7 Å². The molecule has 0 aliphatic rings. The van der Waals surface area contributed by atoms with Gasteiger partial charge in [-0.05, 0) is 12.1 Å². The van der Waals surface area contributed by atoms with Crippen LogP contribution < -0.4 is 10.5 Å². The maximum Gasteiger partial charge on any atom is 0.142 e. The molecule has 0 bridgehead atoms. The Labute approximate surface area is 76.6 Å². The van der Waals surface area contributed by atoms with Gasteiger partial charge in [-0.3, -0.25) is 0 Å². The molecule has 0 fully saturated rings. The van der Waals surface area contributed by atoms with Crippen molar-refractivity contribution in [3.05, 3.63) is 30.3 Å². The van der Waals surface area contributed by atoms with Crippen molar-refractivity contribution in [3.63, 3.8) is 0 Å². The van der Waals surface area contributed by atoms with Crippen LogP contribution >= 0.6 is 0 Å². The van der Waals surface area contributed by atoms with Crippen molar-refractivity contribution in [3.8, 4) is 5.75 Å². The summed E-state index contributed by atoms with van der Waals surface area (Å²) < 4.78 is 5.31. The highest BCUT2D eigenvalue weighted by Crippen LogP contribution is 2.07. The van der Waals surface area contributed by atoms with E-state index in [1.165, 1.54) is 0 Å². The van der Waals surface area contributed by atoms with Crippen molar-refractivity contribution in [2.45, 2.75) is 6.42 Å². The molecular formula is C9H12N2O2. The van der Waals surface area contributed by atoms with Gasteiger partial charge in [0.15, 0.2) is 0 Å². The van der Waals surface area contributed by atoms with Gasteiger partial charge < -0.3 is 15.7 Å². The predicted octanol–water partition coefficient (Wildman–Crippen LogP) is 1.20. The van der Waals surface area contributed by atoms with Crippen LogP contribution in [-0.4, -0.2) is 17.6 Å². The molecule has 4 nitrogen and oxygen atoms in total. The number of nitrogens with two attached hydrogens (primary N) is 1. The van der Waals surface area contributed by atoms with Crippen LogP contribution in [0.1, 0.15) is 6.42 Å². The number of oxime groups is 1. The molecule has 70 valence electrons. The predicted molar refractivity (Wildman–Crippen MR) is 50.0 cm³/mol. The Morgan fingerprint density at radius 2 is 2.08 bits per heavy atom. The standard InChI is InChI=1S/C9H12N2O2/c10-9(11-12)6-7-13-8-4-2-1-3-5-8/h1-5,12H,6-7H2,(H2,10,11). The van der Waals surface area contributed by atoms with Crippen LogP contribution in [-0.2, 0) is 0 Å². The monoisotopic (exact) mass is 180 g/mol. The Balaban J connectivity index is 2.28. The molecule has 0 atom stereocenters. The number of para-hydroxylation sites is 1. The van der Waals surface area contributed by atoms with E-state index < -0.39 is 0 Å². The van der Waals surface area contributed by atoms with Crippen molar-refractivity contribution < 1.29 is 9.94 Å². The van der Waals surface area contributed by atoms with Crippen molar-refractivity contribution >= 4 is 5.84 Å². The SMILES string of the molecule is NC(CCOc1ccccc1)=NO. The third kappa shape index (κ3) is 3.46. The van der Waals surface area contributed by atoms with Crippen LogP contribution in [0.15, 0.2) is 35.5 Å². The molecular weight excluding hydrogens is 168 g/mol. The van der Waals surface area contributed by atoms with Crippen LogP contribution in [0.4, 0.5) is 0 Å². The van der Waals surface area contributed by atoms with Gasteiger partial charge in [0.25, 0.3) is 0 Å². The maximum atomic E-state index is 8.24. The first-order chi connectivity index (χ1) is 6.33. The Morgan fingerprint density at radius 1 is 1.38 bits per heavy atom. The fraction of sp³-hybridized carbons (Fsp3) is 0.222. The quantitative estimate of drug-likeness (QED) is 0.316. The van der Waals surface area contributed by atoms with Gasteiger partial charge in [0, 0.05) is 6.42 Å². The fourth-order valence-corrected chi connectivity index (χ4v) is 0.840. The first-order valence-corrected chi connectivity index (χ1v) is 3.97. The number of nitrogens with zero attached hydrogens (tertiary/aromatic N) is 1. The van der Waals surface area contributed by atoms with E-state index >= 15 is 0 Å². The Morgan fingerprint density at radius 3 is 2.69 bits per heavy atom. The Hall–Kier alpha value is -1.71. The number of benzene rings is 1. The van der Waals surface area contributed by atoms with E-state index in [2.05, 4.69) is 5.16 Å². The minimum atomic E-state index is 0.177. The van der Waals surface area contributed by atoms with Crippen LogP contribution in [0.3, 0.4) is 0 Å². The Kier molecular flexibility index (Phi) is 3.63. The number of ether oxygens (including phenoxy) is 1. The summed E-state index contributed by atoms with van der Waals surface area (Å²) in [5.74, 6) is 0.962. The lowest BCUT2D eigenvalue weighted by molar-refractivity contribution is 0.305. The lowest BCUT2D eigenvalue weighted by Crippen LogP contribution is -2.15. The van der Waals surface area contributed by atoms with Crippen LogP contribution in [0.5, 0.6) is 5.75 Å². The zero-order chi connectivity index (χ0) is 9.52. The highest BCUT2D eigenvalue weighted by Gasteiger charge is 1.94. The van der Waals surface area contributed by atoms with Gasteiger partial charge in [-0.25, -0.2) is 0 Å². The van der Waals surface area contributed by atoms with E-state index in [1.807, 2.05) is 30.3 Å². The van der Waals surface area contributed by atoms with Gasteiger partial charge in [0.05, 0.1) is 6.61 Å². The van der Waals surface area contributed by atoms with Crippen LogP contribution in [0.2, 0.25) is 0 Å². The molecule has 0 heterocycles. The lowest BCUT2D eigenvalue weighted by atomic mass is 10.3. The van der Waals surface area contributed by atoms with E-state index in [-0.39, 0.29) is 5.84 Å². The molecule has 0 aromatic heterocycles. The van der Waals surface area contributed by atoms with E-state index in [9.17, 15) is 0 Å². The summed E-state index contributed by atoms with van der Waals surface area (Å²) in [6.07, 6.45) is 0.422. The summed E-state index contributed by atoms with van der Waals surface area (Å²) in [4.78, 5) is 0. The second-order valence-electron chi connectivity index (χ2n) is 2.50. The number of hydrogen-bond donors (Lipinski definition) is 2. The first-order valence-electron chi connectivity index (χ1n) is 3.97. The molecule has 3 N–H and O–H groups in total. The summed E-state index contributed by atoms with van der Waals surface area (Å²) in [7, 11) is 0. The minimum Gasteiger partial charge on any atom is -0.493 e. The highest BCUT2D eigenvalue weighted by molar-refractivity contribution is 5.79. The summed E-state index contributed by atoms with van der Waals surface area (Å²) in [6, 6.07) is 9.40. The molecule has 4 heteroatoms. The zero-order valence-corrected chi connectivity index (χ0v) is 7.18. The summed E-state index contributed by atoms with van der Waals surface area (Å²) in [5, 5.41) is 11.1. The largest absolute Gasteiger partial charge is 0.493 e. The van der Waals surface area contributed by atoms with Crippen molar-refractivity contribution in [2.75, 3.05) is 6.61 Å². The number of hydrogen-bond acceptors (Lipinski definition) is 3. The minimum absolute atomic E-state index is 0.177. The second kappa shape index (κ2) is 5.03. The topological polar surface area (TPSA) is 67.8 Å². The smallest absolute Gasteiger partial charge is 0.142 e. The molecule has 0 saturated heterocycles. The van der Waals surface area contributed by atoms with Crippen molar-refractivity contribution in [2.24, 2.45) is 10.9 Å². The average Bonchev–Trinajstić information content (AvgIpc) is 2.19. The van der Waals surface area contributed by atoms with Gasteiger partial charge >= 0.3 is 0 Å². The van der Waals surface area contributed by atoms with E-state index in [1.54, 1.807) is 0 Å². The summed E-state index contributed by atoms with van der Waals surface area (Å²) in [6.45, 7) is 0.417. The van der Waals surface area contributed by atoms with Crippen LogP contribution in [0.25, 0.3) is 0 Å². The normalized spacial score (nSPS) is 11.2. The number of amidine groups is 1. The third-order valence-corrected chi connectivity index (χ3v) is 1.50. The molecule has 0 aliphatic heterocycles. The fourth-order valence-electron chi connectivity index (χ4n) is 0.840. The van der Waals surface area contributed by atoms with Gasteiger partial charge in [-0.1, -0.05) is 23.4 Å².